The van der Waals surface area contributed by atoms with Crippen molar-refractivity contribution < 1.29 is 0 Å². The Kier molecular flexibility index (Phi) is 5.75. The summed E-state index contributed by atoms with van der Waals surface area (Å²) >= 11 is 3.84. The highest BCUT2D eigenvalue weighted by molar-refractivity contribution is 7.36. The molecule has 3 heteroatoms. The van der Waals surface area contributed by atoms with E-state index in [1.807, 2.05) is 22.7 Å². The molecule has 0 spiro atoms. The van der Waals surface area contributed by atoms with Crippen molar-refractivity contribution >= 4 is 74.8 Å². The largest absolute Gasteiger partial charge is 0.355 e. The van der Waals surface area contributed by atoms with Gasteiger partial charge in [0.05, 0.1) is 9.40 Å². The van der Waals surface area contributed by atoms with Crippen LogP contribution in [-0.2, 0) is 6.42 Å². The number of fused-ring (bicyclic) bond motifs is 7. The van der Waals surface area contributed by atoms with Crippen LogP contribution in [0.2, 0.25) is 0 Å². The molecule has 3 aromatic heterocycles. The van der Waals surface area contributed by atoms with Gasteiger partial charge in [-0.3, -0.25) is 0 Å². The van der Waals surface area contributed by atoms with E-state index in [-0.39, 0.29) is 0 Å². The standard InChI is InChI=1S/C43H27NS2/c1-2-7-29-22-35(21-28(29)6-1)27-14-12-26(13-15-27)31-16-18-36-40(24-31)45-43-37-19-17-32(25-41(37)46-42(36)43)30-9-5-10-33(20-30)39-23-34-8-3-4-11-38(34)44-39/h1-21,23-25,44H,22H2. The highest BCUT2D eigenvalue weighted by atomic mass is 32.1. The number of thiophene rings is 2. The van der Waals surface area contributed by atoms with Crippen molar-refractivity contribution in [3.63, 3.8) is 0 Å². The summed E-state index contributed by atoms with van der Waals surface area (Å²) in [7, 11) is 0. The summed E-state index contributed by atoms with van der Waals surface area (Å²) in [5.41, 5.74) is 14.1. The van der Waals surface area contributed by atoms with Gasteiger partial charge in [0, 0.05) is 36.8 Å². The van der Waals surface area contributed by atoms with Gasteiger partial charge in [-0.15, -0.1) is 22.7 Å². The molecule has 0 saturated heterocycles. The van der Waals surface area contributed by atoms with Crippen molar-refractivity contribution in [2.75, 3.05) is 0 Å². The first kappa shape index (κ1) is 26.0. The van der Waals surface area contributed by atoms with E-state index in [0.29, 0.717) is 0 Å². The first-order valence-electron chi connectivity index (χ1n) is 15.7. The summed E-state index contributed by atoms with van der Waals surface area (Å²) in [6.45, 7) is 0. The number of hydrogen-bond donors (Lipinski definition) is 1. The van der Waals surface area contributed by atoms with Crippen molar-refractivity contribution in [1.82, 2.24) is 4.98 Å². The van der Waals surface area contributed by atoms with E-state index in [1.54, 1.807) is 0 Å². The third-order valence-electron chi connectivity index (χ3n) is 9.47. The van der Waals surface area contributed by atoms with Crippen LogP contribution in [0.5, 0.6) is 0 Å². The Morgan fingerprint density at radius 2 is 1.11 bits per heavy atom. The van der Waals surface area contributed by atoms with Crippen LogP contribution in [0.1, 0.15) is 16.7 Å². The zero-order chi connectivity index (χ0) is 30.2. The maximum Gasteiger partial charge on any atom is 0.0542 e. The predicted octanol–water partition coefficient (Wildman–Crippen LogP) is 12.8. The highest BCUT2D eigenvalue weighted by Crippen LogP contribution is 2.46. The maximum absolute atomic E-state index is 3.58. The second-order valence-corrected chi connectivity index (χ2v) is 14.4. The lowest BCUT2D eigenvalue weighted by Gasteiger charge is -2.06. The van der Waals surface area contributed by atoms with Gasteiger partial charge in [-0.05, 0) is 86.8 Å². The van der Waals surface area contributed by atoms with Crippen molar-refractivity contribution in [3.05, 3.63) is 156 Å². The minimum Gasteiger partial charge on any atom is -0.355 e. The monoisotopic (exact) mass is 621 g/mol. The molecule has 6 aromatic carbocycles. The van der Waals surface area contributed by atoms with Gasteiger partial charge >= 0.3 is 0 Å². The Balaban J connectivity index is 0.962. The average Bonchev–Trinajstić information content (AvgIpc) is 3.89. The maximum atomic E-state index is 3.58. The summed E-state index contributed by atoms with van der Waals surface area (Å²) in [5, 5.41) is 3.95. The molecule has 1 aliphatic carbocycles. The van der Waals surface area contributed by atoms with E-state index >= 15 is 0 Å². The molecule has 0 atom stereocenters. The fourth-order valence-electron chi connectivity index (χ4n) is 7.05. The molecule has 0 radical (unpaired) electrons. The molecule has 0 unspecified atom stereocenters. The topological polar surface area (TPSA) is 15.8 Å². The fraction of sp³-hybridized carbons (Fsp3) is 0.0233. The van der Waals surface area contributed by atoms with Crippen LogP contribution < -0.4 is 0 Å². The van der Waals surface area contributed by atoms with Crippen molar-refractivity contribution in [2.24, 2.45) is 0 Å². The number of H-pyrrole nitrogens is 1. The van der Waals surface area contributed by atoms with E-state index in [2.05, 4.69) is 151 Å². The fourth-order valence-corrected chi connectivity index (χ4v) is 9.78. The number of allylic oxidation sites excluding steroid dienone is 1. The van der Waals surface area contributed by atoms with Crippen LogP contribution in [0.3, 0.4) is 0 Å². The minimum absolute atomic E-state index is 1.01. The molecule has 0 bridgehead atoms. The number of nitrogens with one attached hydrogen (secondary N) is 1. The van der Waals surface area contributed by atoms with Crippen molar-refractivity contribution in [1.29, 1.82) is 0 Å². The molecule has 1 nitrogen and oxygen atoms in total. The molecule has 0 fully saturated rings. The molecule has 3 heterocycles. The number of rotatable bonds is 4. The first-order valence-corrected chi connectivity index (χ1v) is 17.3. The van der Waals surface area contributed by atoms with Gasteiger partial charge in [-0.25, -0.2) is 0 Å². The van der Waals surface area contributed by atoms with E-state index in [0.717, 1.165) is 12.1 Å². The molecule has 0 amide bonds. The van der Waals surface area contributed by atoms with E-state index in [1.165, 1.54) is 90.6 Å². The number of aromatic amines is 1. The van der Waals surface area contributed by atoms with Crippen molar-refractivity contribution in [3.8, 4) is 33.5 Å². The number of aromatic nitrogens is 1. The lowest BCUT2D eigenvalue weighted by atomic mass is 9.99. The quantitative estimate of drug-likeness (QED) is 0.201. The van der Waals surface area contributed by atoms with Crippen LogP contribution in [0.15, 0.2) is 140 Å². The predicted molar refractivity (Wildman–Crippen MR) is 201 cm³/mol. The van der Waals surface area contributed by atoms with Gasteiger partial charge in [0.1, 0.15) is 0 Å². The Hall–Kier alpha value is -5.22. The molecule has 0 aliphatic heterocycles. The summed E-state index contributed by atoms with van der Waals surface area (Å²) in [4.78, 5) is 3.58. The summed E-state index contributed by atoms with van der Waals surface area (Å²) in [6.07, 6.45) is 3.35. The molecule has 0 saturated carbocycles. The molecule has 10 rings (SSSR count). The molecule has 9 aromatic rings. The Labute approximate surface area is 274 Å². The third-order valence-corrected chi connectivity index (χ3v) is 12.0. The molecular formula is C43H27NS2. The van der Waals surface area contributed by atoms with Gasteiger partial charge in [0.25, 0.3) is 0 Å². The van der Waals surface area contributed by atoms with Gasteiger partial charge in [-0.1, -0.05) is 115 Å². The normalized spacial score (nSPS) is 12.8. The number of benzene rings is 6. The van der Waals surface area contributed by atoms with Gasteiger partial charge in [-0.2, -0.15) is 0 Å². The van der Waals surface area contributed by atoms with E-state index in [4.69, 9.17) is 0 Å². The summed E-state index contributed by atoms with van der Waals surface area (Å²) in [5.74, 6) is 0. The van der Waals surface area contributed by atoms with Crippen LogP contribution in [0, 0.1) is 0 Å². The van der Waals surface area contributed by atoms with Crippen LogP contribution >= 0.6 is 22.7 Å². The van der Waals surface area contributed by atoms with Gasteiger partial charge in [0.15, 0.2) is 0 Å². The van der Waals surface area contributed by atoms with E-state index < -0.39 is 0 Å². The molecule has 1 N–H and O–H groups in total. The van der Waals surface area contributed by atoms with Crippen LogP contribution in [0.4, 0.5) is 0 Å². The minimum atomic E-state index is 1.01. The highest BCUT2D eigenvalue weighted by Gasteiger charge is 2.16. The smallest absolute Gasteiger partial charge is 0.0542 e. The second-order valence-electron chi connectivity index (χ2n) is 12.3. The lowest BCUT2D eigenvalue weighted by Crippen LogP contribution is -1.86. The summed E-state index contributed by atoms with van der Waals surface area (Å²) in [6, 6.07) is 51.4. The van der Waals surface area contributed by atoms with Gasteiger partial charge in [0.2, 0.25) is 0 Å². The Morgan fingerprint density at radius 3 is 1.87 bits per heavy atom. The second kappa shape index (κ2) is 10.1. The molecular weight excluding hydrogens is 595 g/mol. The van der Waals surface area contributed by atoms with Crippen molar-refractivity contribution in [2.45, 2.75) is 6.42 Å². The number of para-hydroxylation sites is 1. The number of hydrogen-bond acceptors (Lipinski definition) is 2. The first-order chi connectivity index (χ1) is 22.7. The zero-order valence-electron chi connectivity index (χ0n) is 24.9. The molecule has 216 valence electrons. The SMILES string of the molecule is C1=C(c2ccc(-c3ccc4c(c3)sc3c5ccc(-c6cccc(-c7cc8ccccc8[nH]7)c6)cc5sc43)cc2)Cc2ccccc21. The third kappa shape index (κ3) is 4.20. The van der Waals surface area contributed by atoms with E-state index in [9.17, 15) is 0 Å². The van der Waals surface area contributed by atoms with Crippen LogP contribution in [0.25, 0.3) is 85.6 Å². The Bertz CT molecular complexity index is 2630. The summed E-state index contributed by atoms with van der Waals surface area (Å²) < 4.78 is 5.50. The lowest BCUT2D eigenvalue weighted by molar-refractivity contribution is 1.32. The average molecular weight is 622 g/mol. The zero-order valence-corrected chi connectivity index (χ0v) is 26.5. The van der Waals surface area contributed by atoms with Crippen LogP contribution in [-0.4, -0.2) is 4.98 Å². The van der Waals surface area contributed by atoms with Gasteiger partial charge < -0.3 is 4.98 Å². The molecule has 46 heavy (non-hydrogen) atoms. The molecule has 1 aliphatic rings. The Morgan fingerprint density at radius 1 is 0.478 bits per heavy atom.